The highest BCUT2D eigenvalue weighted by molar-refractivity contribution is 6.35. The van der Waals surface area contributed by atoms with Crippen molar-refractivity contribution in [3.63, 3.8) is 0 Å². The number of carbonyl (C=O) groups is 1. The fraction of sp³-hybridized carbons (Fsp3) is 0.0909. The van der Waals surface area contributed by atoms with Crippen LogP contribution in [-0.4, -0.2) is 16.1 Å². The van der Waals surface area contributed by atoms with Crippen molar-refractivity contribution in [2.45, 2.75) is 6.92 Å². The van der Waals surface area contributed by atoms with E-state index in [1.807, 2.05) is 13.0 Å². The number of carboxylic acids is 1. The van der Waals surface area contributed by atoms with Gasteiger partial charge in [0.1, 0.15) is 5.69 Å². The number of aromatic nitrogens is 1. The molecule has 0 aliphatic heterocycles. The van der Waals surface area contributed by atoms with Crippen LogP contribution in [0.25, 0.3) is 10.9 Å². The summed E-state index contributed by atoms with van der Waals surface area (Å²) in [6, 6.07) is 6.74. The molecule has 0 bridgehead atoms. The molecule has 2 aromatic rings. The summed E-state index contributed by atoms with van der Waals surface area (Å²) in [6.45, 7) is 1.87. The Balaban J connectivity index is 2.81. The number of benzene rings is 1. The van der Waals surface area contributed by atoms with E-state index in [0.717, 1.165) is 10.9 Å². The zero-order valence-electron chi connectivity index (χ0n) is 7.99. The molecule has 0 radical (unpaired) electrons. The van der Waals surface area contributed by atoms with Crippen molar-refractivity contribution >= 4 is 28.5 Å². The van der Waals surface area contributed by atoms with Crippen LogP contribution in [0.2, 0.25) is 5.02 Å². The lowest BCUT2D eigenvalue weighted by Gasteiger charge is -2.04. The predicted molar refractivity (Wildman–Crippen MR) is 58.4 cm³/mol. The molecule has 2 rings (SSSR count). The van der Waals surface area contributed by atoms with Gasteiger partial charge in [0, 0.05) is 10.4 Å². The number of aryl methyl sites for hydroxylation is 1. The fourth-order valence-electron chi connectivity index (χ4n) is 1.44. The maximum atomic E-state index is 10.7. The number of aromatic carboxylic acids is 1. The van der Waals surface area contributed by atoms with E-state index in [2.05, 4.69) is 4.98 Å². The Morgan fingerprint density at radius 1 is 1.33 bits per heavy atom. The smallest absolute Gasteiger partial charge is 0.354 e. The van der Waals surface area contributed by atoms with Crippen LogP contribution >= 0.6 is 11.6 Å². The first-order valence-electron chi connectivity index (χ1n) is 4.39. The molecule has 0 aliphatic rings. The van der Waals surface area contributed by atoms with Crippen molar-refractivity contribution < 1.29 is 9.90 Å². The number of fused-ring (bicyclic) bond motifs is 1. The summed E-state index contributed by atoms with van der Waals surface area (Å²) in [5, 5.41) is 10.2. The second-order valence-electron chi connectivity index (χ2n) is 3.26. The Hall–Kier alpha value is -1.61. The van der Waals surface area contributed by atoms with Gasteiger partial charge < -0.3 is 5.11 Å². The van der Waals surface area contributed by atoms with Crippen LogP contribution < -0.4 is 0 Å². The van der Waals surface area contributed by atoms with Gasteiger partial charge in [0.05, 0.1) is 5.52 Å². The molecule has 4 heteroatoms. The van der Waals surface area contributed by atoms with E-state index in [9.17, 15) is 4.79 Å². The van der Waals surface area contributed by atoms with Crippen molar-refractivity contribution in [3.8, 4) is 0 Å². The third-order valence-corrected chi connectivity index (χ3v) is 2.55. The molecule has 0 spiro atoms. The minimum absolute atomic E-state index is 0.0351. The minimum Gasteiger partial charge on any atom is -0.477 e. The summed E-state index contributed by atoms with van der Waals surface area (Å²) in [4.78, 5) is 14.8. The number of rotatable bonds is 1. The molecule has 0 atom stereocenters. The lowest BCUT2D eigenvalue weighted by atomic mass is 10.1. The van der Waals surface area contributed by atoms with E-state index in [-0.39, 0.29) is 5.69 Å². The zero-order valence-corrected chi connectivity index (χ0v) is 8.75. The van der Waals surface area contributed by atoms with Gasteiger partial charge in [0.15, 0.2) is 0 Å². The molecule has 0 unspecified atom stereocenters. The molecule has 1 heterocycles. The fourth-order valence-corrected chi connectivity index (χ4v) is 1.65. The third kappa shape index (κ3) is 1.66. The second-order valence-corrected chi connectivity index (χ2v) is 3.67. The molecule has 0 saturated heterocycles. The summed E-state index contributed by atoms with van der Waals surface area (Å²) >= 11 is 5.97. The Kier molecular flexibility index (Phi) is 2.32. The highest BCUT2D eigenvalue weighted by atomic mass is 35.5. The normalized spacial score (nSPS) is 10.5. The molecule has 1 aromatic carbocycles. The highest BCUT2D eigenvalue weighted by Crippen LogP contribution is 2.24. The van der Waals surface area contributed by atoms with Crippen LogP contribution in [0.4, 0.5) is 0 Å². The van der Waals surface area contributed by atoms with Gasteiger partial charge in [-0.15, -0.1) is 0 Å². The molecule has 1 N–H and O–H groups in total. The van der Waals surface area contributed by atoms with E-state index in [0.29, 0.717) is 10.5 Å². The monoisotopic (exact) mass is 221 g/mol. The van der Waals surface area contributed by atoms with Crippen LogP contribution in [0.5, 0.6) is 0 Å². The summed E-state index contributed by atoms with van der Waals surface area (Å²) in [5.74, 6) is -1.03. The molecule has 76 valence electrons. The number of hydrogen-bond donors (Lipinski definition) is 1. The molecule has 1 aromatic heterocycles. The van der Waals surface area contributed by atoms with E-state index in [4.69, 9.17) is 16.7 Å². The van der Waals surface area contributed by atoms with Crippen LogP contribution in [-0.2, 0) is 0 Å². The van der Waals surface area contributed by atoms with Crippen molar-refractivity contribution in [1.29, 1.82) is 0 Å². The van der Waals surface area contributed by atoms with Gasteiger partial charge in [0.2, 0.25) is 0 Å². The van der Waals surface area contributed by atoms with E-state index in [1.165, 1.54) is 6.07 Å². The first-order chi connectivity index (χ1) is 7.09. The average Bonchev–Trinajstić information content (AvgIpc) is 2.23. The van der Waals surface area contributed by atoms with Crippen LogP contribution in [0, 0.1) is 6.92 Å². The van der Waals surface area contributed by atoms with Gasteiger partial charge in [-0.2, -0.15) is 0 Å². The third-order valence-electron chi connectivity index (χ3n) is 2.22. The summed E-state index contributed by atoms with van der Waals surface area (Å²) in [6.07, 6.45) is 0. The number of hydrogen-bond acceptors (Lipinski definition) is 2. The van der Waals surface area contributed by atoms with Crippen molar-refractivity contribution in [3.05, 3.63) is 40.5 Å². The van der Waals surface area contributed by atoms with Crippen molar-refractivity contribution in [2.24, 2.45) is 0 Å². The molecule has 0 saturated carbocycles. The van der Waals surface area contributed by atoms with Crippen molar-refractivity contribution in [1.82, 2.24) is 4.98 Å². The van der Waals surface area contributed by atoms with E-state index in [1.54, 1.807) is 12.1 Å². The maximum Gasteiger partial charge on any atom is 0.354 e. The summed E-state index contributed by atoms with van der Waals surface area (Å²) < 4.78 is 0. The topological polar surface area (TPSA) is 50.2 Å². The van der Waals surface area contributed by atoms with E-state index < -0.39 is 5.97 Å². The summed E-state index contributed by atoms with van der Waals surface area (Å²) in [5.41, 5.74) is 1.59. The number of pyridine rings is 1. The standard InChI is InChI=1S/C11H8ClNO2/c1-6-2-4-8(12)7-3-5-9(11(14)15)13-10(6)7/h2-5H,1H3,(H,14,15). The lowest BCUT2D eigenvalue weighted by Crippen LogP contribution is -2.00. The molecular formula is C11H8ClNO2. The quantitative estimate of drug-likeness (QED) is 0.806. The Morgan fingerprint density at radius 3 is 2.73 bits per heavy atom. The first kappa shape index (κ1) is 9.93. The first-order valence-corrected chi connectivity index (χ1v) is 4.76. The molecule has 15 heavy (non-hydrogen) atoms. The minimum atomic E-state index is -1.03. The van der Waals surface area contributed by atoms with Crippen LogP contribution in [0.3, 0.4) is 0 Å². The predicted octanol–water partition coefficient (Wildman–Crippen LogP) is 2.89. The second kappa shape index (κ2) is 3.51. The maximum absolute atomic E-state index is 10.7. The zero-order chi connectivity index (χ0) is 11.0. The molecule has 0 fully saturated rings. The number of carboxylic acid groups (broad SMARTS) is 1. The Morgan fingerprint density at radius 2 is 2.07 bits per heavy atom. The van der Waals surface area contributed by atoms with Gasteiger partial charge >= 0.3 is 5.97 Å². The highest BCUT2D eigenvalue weighted by Gasteiger charge is 2.08. The lowest BCUT2D eigenvalue weighted by molar-refractivity contribution is 0.0691. The molecular weight excluding hydrogens is 214 g/mol. The van der Waals surface area contributed by atoms with Crippen LogP contribution in [0.1, 0.15) is 16.1 Å². The van der Waals surface area contributed by atoms with Gasteiger partial charge in [-0.1, -0.05) is 17.7 Å². The largest absolute Gasteiger partial charge is 0.477 e. The molecule has 0 aliphatic carbocycles. The Bertz CT molecular complexity index is 552. The SMILES string of the molecule is Cc1ccc(Cl)c2ccc(C(=O)O)nc12. The summed E-state index contributed by atoms with van der Waals surface area (Å²) in [7, 11) is 0. The number of halogens is 1. The van der Waals surface area contributed by atoms with E-state index >= 15 is 0 Å². The van der Waals surface area contributed by atoms with Crippen molar-refractivity contribution in [2.75, 3.05) is 0 Å². The Labute approximate surface area is 91.3 Å². The molecule has 0 amide bonds. The van der Waals surface area contributed by atoms with Gasteiger partial charge in [0.25, 0.3) is 0 Å². The molecule has 3 nitrogen and oxygen atoms in total. The average molecular weight is 222 g/mol. The van der Waals surface area contributed by atoms with Gasteiger partial charge in [-0.25, -0.2) is 9.78 Å². The van der Waals surface area contributed by atoms with Crippen LogP contribution in [0.15, 0.2) is 24.3 Å². The van der Waals surface area contributed by atoms with Gasteiger partial charge in [-0.3, -0.25) is 0 Å². The van der Waals surface area contributed by atoms with Gasteiger partial charge in [-0.05, 0) is 30.7 Å². The number of nitrogens with zero attached hydrogens (tertiary/aromatic N) is 1.